The van der Waals surface area contributed by atoms with Crippen molar-refractivity contribution in [1.29, 1.82) is 5.26 Å². The summed E-state index contributed by atoms with van der Waals surface area (Å²) in [6.07, 6.45) is 1.64. The van der Waals surface area contributed by atoms with Gasteiger partial charge in [0.2, 0.25) is 11.0 Å². The van der Waals surface area contributed by atoms with E-state index in [0.29, 0.717) is 50.6 Å². The number of amides is 1. The predicted octanol–water partition coefficient (Wildman–Crippen LogP) is 6.30. The quantitative estimate of drug-likeness (QED) is 0.301. The van der Waals surface area contributed by atoms with Gasteiger partial charge in [0.15, 0.2) is 10.1 Å². The maximum Gasteiger partial charge on any atom is 0.234 e. The lowest BCUT2D eigenvalue weighted by molar-refractivity contribution is -0.116. The number of nitrogens with two attached hydrogens (primary N) is 1. The highest BCUT2D eigenvalue weighted by atomic mass is 79.9. The van der Waals surface area contributed by atoms with Crippen LogP contribution in [0.5, 0.6) is 0 Å². The lowest BCUT2D eigenvalue weighted by Crippen LogP contribution is -2.38. The normalized spacial score (nSPS) is 17.2. The van der Waals surface area contributed by atoms with Crippen molar-refractivity contribution >= 4 is 73.1 Å². The number of thioether (sulfide) groups is 1. The molecule has 39 heavy (non-hydrogen) atoms. The van der Waals surface area contributed by atoms with Crippen LogP contribution in [-0.4, -0.2) is 27.6 Å². The summed E-state index contributed by atoms with van der Waals surface area (Å²) in [7, 11) is 0. The van der Waals surface area contributed by atoms with Gasteiger partial charge in [-0.05, 0) is 55.2 Å². The molecule has 2 aromatic carbocycles. The number of hydrogen-bond donors (Lipinski definition) is 2. The van der Waals surface area contributed by atoms with Crippen LogP contribution in [0.25, 0.3) is 0 Å². The van der Waals surface area contributed by atoms with Crippen LogP contribution in [0.15, 0.2) is 73.9 Å². The van der Waals surface area contributed by atoms with Crippen LogP contribution >= 0.6 is 50.6 Å². The first-order valence-electron chi connectivity index (χ1n) is 12.0. The lowest BCUT2D eigenvalue weighted by atomic mass is 9.76. The van der Waals surface area contributed by atoms with Crippen LogP contribution < -0.4 is 16.0 Å². The summed E-state index contributed by atoms with van der Waals surface area (Å²) in [4.78, 5) is 27.5. The first-order valence-corrected chi connectivity index (χ1v) is 15.0. The molecular weight excluding hydrogens is 620 g/mol. The molecule has 0 saturated heterocycles. The summed E-state index contributed by atoms with van der Waals surface area (Å²) in [6.45, 7) is 1.92. The van der Waals surface area contributed by atoms with Crippen molar-refractivity contribution in [1.82, 2.24) is 10.2 Å². The van der Waals surface area contributed by atoms with E-state index >= 15 is 0 Å². The number of aromatic nitrogens is 2. The molecule has 5 rings (SSSR count). The molecule has 8 nitrogen and oxygen atoms in total. The second kappa shape index (κ2) is 11.5. The van der Waals surface area contributed by atoms with E-state index in [0.717, 1.165) is 15.7 Å². The molecule has 1 aromatic heterocycles. The predicted molar refractivity (Wildman–Crippen MR) is 158 cm³/mol. The van der Waals surface area contributed by atoms with Gasteiger partial charge in [0.1, 0.15) is 5.82 Å². The van der Waals surface area contributed by atoms with E-state index in [9.17, 15) is 14.9 Å². The van der Waals surface area contributed by atoms with Gasteiger partial charge in [-0.1, -0.05) is 68.8 Å². The number of nitrogens with one attached hydrogen (secondary N) is 1. The fourth-order valence-electron chi connectivity index (χ4n) is 4.76. The minimum Gasteiger partial charge on any atom is -0.384 e. The van der Waals surface area contributed by atoms with Crippen molar-refractivity contribution in [3.8, 4) is 6.07 Å². The van der Waals surface area contributed by atoms with E-state index in [1.807, 2.05) is 37.3 Å². The van der Waals surface area contributed by atoms with Crippen LogP contribution in [0.3, 0.4) is 0 Å². The summed E-state index contributed by atoms with van der Waals surface area (Å²) in [5.41, 5.74) is 10.4. The number of carbonyl (C=O) groups excluding carboxylic acids is 2. The Kier molecular flexibility index (Phi) is 8.09. The maximum atomic E-state index is 13.3. The molecule has 1 aliphatic heterocycles. The molecule has 1 atom stereocenters. The van der Waals surface area contributed by atoms with Gasteiger partial charge in [-0.2, -0.15) is 5.26 Å². The summed E-state index contributed by atoms with van der Waals surface area (Å²) in [6, 6.07) is 15.1. The van der Waals surface area contributed by atoms with E-state index in [1.54, 1.807) is 17.0 Å². The fourth-order valence-corrected chi connectivity index (χ4v) is 7.16. The largest absolute Gasteiger partial charge is 0.384 e. The molecule has 0 radical (unpaired) electrons. The molecule has 1 aliphatic carbocycles. The van der Waals surface area contributed by atoms with Gasteiger partial charge >= 0.3 is 0 Å². The Morgan fingerprint density at radius 1 is 1.31 bits per heavy atom. The van der Waals surface area contributed by atoms with Gasteiger partial charge in [0.05, 0.1) is 23.3 Å². The lowest BCUT2D eigenvalue weighted by Gasteiger charge is -2.38. The van der Waals surface area contributed by atoms with Crippen LogP contribution in [0.2, 0.25) is 5.02 Å². The second-order valence-corrected chi connectivity index (χ2v) is 12.5. The topological polar surface area (TPSA) is 125 Å². The highest BCUT2D eigenvalue weighted by Crippen LogP contribution is 2.48. The number of anilines is 2. The zero-order chi connectivity index (χ0) is 27.7. The van der Waals surface area contributed by atoms with Gasteiger partial charge in [-0.3, -0.25) is 14.5 Å². The average molecular weight is 642 g/mol. The molecule has 0 bridgehead atoms. The second-order valence-electron chi connectivity index (χ2n) is 8.98. The number of nitrogens with zero attached hydrogens (tertiary/aromatic N) is 4. The van der Waals surface area contributed by atoms with Crippen molar-refractivity contribution < 1.29 is 9.59 Å². The Labute approximate surface area is 247 Å². The Balaban J connectivity index is 1.42. The van der Waals surface area contributed by atoms with Crippen molar-refractivity contribution in [3.05, 3.63) is 85.8 Å². The third-order valence-corrected chi connectivity index (χ3v) is 9.39. The van der Waals surface area contributed by atoms with E-state index in [2.05, 4.69) is 37.5 Å². The third-order valence-electron chi connectivity index (χ3n) is 6.51. The number of nitriles is 1. The van der Waals surface area contributed by atoms with E-state index in [1.165, 1.54) is 23.1 Å². The number of ketones is 1. The van der Waals surface area contributed by atoms with Crippen LogP contribution in [0.4, 0.5) is 10.8 Å². The minimum absolute atomic E-state index is 0.0366. The average Bonchev–Trinajstić information content (AvgIpc) is 3.37. The molecule has 0 fully saturated rings. The van der Waals surface area contributed by atoms with E-state index in [4.69, 9.17) is 17.3 Å². The number of allylic oxidation sites excluding steroid dienone is 3. The number of hydrogen-bond acceptors (Lipinski definition) is 9. The van der Waals surface area contributed by atoms with Crippen molar-refractivity contribution in [2.24, 2.45) is 5.73 Å². The molecule has 0 spiro atoms. The Hall–Kier alpha value is -3.17. The summed E-state index contributed by atoms with van der Waals surface area (Å²) < 4.78 is 1.51. The molecular formula is C27H22BrClN6O2S2. The molecule has 12 heteroatoms. The van der Waals surface area contributed by atoms with Crippen LogP contribution in [0.1, 0.15) is 36.3 Å². The zero-order valence-electron chi connectivity index (χ0n) is 20.7. The summed E-state index contributed by atoms with van der Waals surface area (Å²) in [5.74, 6) is -0.510. The Morgan fingerprint density at radius 3 is 2.85 bits per heavy atom. The van der Waals surface area contributed by atoms with Gasteiger partial charge < -0.3 is 11.1 Å². The fraction of sp³-hybridized carbons (Fsp3) is 0.222. The molecule has 198 valence electrons. The molecule has 2 aliphatic rings. The van der Waals surface area contributed by atoms with Crippen LogP contribution in [-0.2, 0) is 9.59 Å². The number of halogens is 2. The van der Waals surface area contributed by atoms with Crippen molar-refractivity contribution in [3.63, 3.8) is 0 Å². The number of benzene rings is 2. The number of rotatable bonds is 6. The number of carbonyl (C=O) groups is 2. The third kappa shape index (κ3) is 5.47. The zero-order valence-corrected chi connectivity index (χ0v) is 24.7. The molecule has 3 N–H and O–H groups in total. The van der Waals surface area contributed by atoms with Gasteiger partial charge in [-0.15, -0.1) is 10.2 Å². The van der Waals surface area contributed by atoms with Crippen molar-refractivity contribution in [2.45, 2.75) is 36.4 Å². The number of aryl methyl sites for hydroxylation is 1. The van der Waals surface area contributed by atoms with E-state index < -0.39 is 5.92 Å². The monoisotopic (exact) mass is 640 g/mol. The number of Topliss-reactive ketones (excluding diaryl/α,β-unsaturated/α-hetero) is 1. The van der Waals surface area contributed by atoms with Crippen molar-refractivity contribution in [2.75, 3.05) is 16.0 Å². The van der Waals surface area contributed by atoms with Gasteiger partial charge in [0.25, 0.3) is 0 Å². The molecule has 1 unspecified atom stereocenters. The first-order chi connectivity index (χ1) is 18.8. The molecule has 1 amide bonds. The highest BCUT2D eigenvalue weighted by Gasteiger charge is 2.41. The summed E-state index contributed by atoms with van der Waals surface area (Å²) in [5, 5.41) is 22.5. The standard InChI is InChI=1S/C27H22BrClN6O2S2/c1-14-11-15(28)9-10-19(14)32-22(37)13-38-27-34-33-26(39-27)35-20-7-4-8-21(36)24(20)23(17(12-30)25(35)31)16-5-2-3-6-18(16)29/h2-3,5-6,9-11,23H,4,7-8,13,31H2,1H3,(H,32,37). The van der Waals surface area contributed by atoms with E-state index in [-0.39, 0.29) is 28.8 Å². The smallest absolute Gasteiger partial charge is 0.234 e. The highest BCUT2D eigenvalue weighted by molar-refractivity contribution is 9.10. The first kappa shape index (κ1) is 27.4. The summed E-state index contributed by atoms with van der Waals surface area (Å²) >= 11 is 12.4. The minimum atomic E-state index is -0.643. The molecule has 0 saturated carbocycles. The van der Waals surface area contributed by atoms with Crippen LogP contribution in [0, 0.1) is 18.3 Å². The Bertz CT molecular complexity index is 1590. The van der Waals surface area contributed by atoms with Gasteiger partial charge in [-0.25, -0.2) is 0 Å². The molecule has 3 aromatic rings. The molecule has 2 heterocycles. The Morgan fingerprint density at radius 2 is 2.10 bits per heavy atom. The SMILES string of the molecule is Cc1cc(Br)ccc1NC(=O)CSc1nnc(N2C(N)=C(C#N)C(c3ccccc3Cl)C3=C2CCCC3=O)s1. The van der Waals surface area contributed by atoms with Gasteiger partial charge in [0, 0.05) is 32.9 Å². The maximum absolute atomic E-state index is 13.3.